The van der Waals surface area contributed by atoms with E-state index >= 15 is 0 Å². The molecule has 1 saturated heterocycles. The number of nitrogens with zero attached hydrogens (tertiary/aromatic N) is 4. The number of hydrogen-bond donors (Lipinski definition) is 0. The van der Waals surface area contributed by atoms with Crippen LogP contribution in [-0.2, 0) is 0 Å². The predicted octanol–water partition coefficient (Wildman–Crippen LogP) is 3.56. The third-order valence-electron chi connectivity index (χ3n) is 4.43. The van der Waals surface area contributed by atoms with Gasteiger partial charge in [0.1, 0.15) is 5.69 Å². The second-order valence-electron chi connectivity index (χ2n) is 6.36. The van der Waals surface area contributed by atoms with Gasteiger partial charge in [-0.3, -0.25) is 9.97 Å². The van der Waals surface area contributed by atoms with Crippen LogP contribution in [0.25, 0.3) is 0 Å². The average Bonchev–Trinajstić information content (AvgIpc) is 2.57. The first-order valence-electron chi connectivity index (χ1n) is 8.29. The fourth-order valence-corrected chi connectivity index (χ4v) is 3.07. The van der Waals surface area contributed by atoms with E-state index in [0.717, 1.165) is 36.6 Å². The number of piperidine rings is 1. The SMILES string of the molecule is Cc1ncccc1Oc1nccnc1[C@H]1CCCN(C(C)C)C1. The first kappa shape index (κ1) is 15.9. The van der Waals surface area contributed by atoms with E-state index in [4.69, 9.17) is 4.74 Å². The van der Waals surface area contributed by atoms with Crippen LogP contribution in [0, 0.1) is 6.92 Å². The van der Waals surface area contributed by atoms with E-state index in [9.17, 15) is 0 Å². The third-order valence-corrected chi connectivity index (χ3v) is 4.43. The lowest BCUT2D eigenvalue weighted by molar-refractivity contribution is 0.165. The van der Waals surface area contributed by atoms with Crippen LogP contribution in [-0.4, -0.2) is 39.0 Å². The number of likely N-dealkylation sites (tertiary alicyclic amines) is 1. The molecule has 0 unspecified atom stereocenters. The molecule has 1 atom stereocenters. The fraction of sp³-hybridized carbons (Fsp3) is 0.500. The molecule has 122 valence electrons. The van der Waals surface area contributed by atoms with Crippen molar-refractivity contribution >= 4 is 0 Å². The molecule has 5 nitrogen and oxygen atoms in total. The van der Waals surface area contributed by atoms with Crippen molar-refractivity contribution in [3.63, 3.8) is 0 Å². The van der Waals surface area contributed by atoms with Crippen molar-refractivity contribution in [1.82, 2.24) is 19.9 Å². The molecule has 5 heteroatoms. The van der Waals surface area contributed by atoms with Gasteiger partial charge < -0.3 is 9.64 Å². The Balaban J connectivity index is 1.85. The molecule has 0 radical (unpaired) electrons. The Labute approximate surface area is 137 Å². The van der Waals surface area contributed by atoms with Crippen molar-refractivity contribution in [2.75, 3.05) is 13.1 Å². The summed E-state index contributed by atoms with van der Waals surface area (Å²) in [6.07, 6.45) is 7.52. The summed E-state index contributed by atoms with van der Waals surface area (Å²) in [5.41, 5.74) is 1.82. The van der Waals surface area contributed by atoms with Crippen molar-refractivity contribution in [2.45, 2.75) is 45.6 Å². The van der Waals surface area contributed by atoms with Gasteiger partial charge in [0.05, 0.1) is 5.69 Å². The molecule has 0 aliphatic carbocycles. The minimum Gasteiger partial charge on any atom is -0.435 e. The molecule has 0 spiro atoms. The largest absolute Gasteiger partial charge is 0.435 e. The summed E-state index contributed by atoms with van der Waals surface area (Å²) in [5, 5.41) is 0. The lowest BCUT2D eigenvalue weighted by Crippen LogP contribution is -2.39. The molecule has 3 rings (SSSR count). The monoisotopic (exact) mass is 312 g/mol. The van der Waals surface area contributed by atoms with Crippen molar-refractivity contribution < 1.29 is 4.74 Å². The Bertz CT molecular complexity index is 659. The van der Waals surface area contributed by atoms with Gasteiger partial charge in [0.15, 0.2) is 5.75 Å². The topological polar surface area (TPSA) is 51.1 Å². The smallest absolute Gasteiger partial charge is 0.241 e. The Hall–Kier alpha value is -2.01. The van der Waals surface area contributed by atoms with E-state index in [0.29, 0.717) is 17.8 Å². The molecule has 2 aromatic heterocycles. The summed E-state index contributed by atoms with van der Waals surface area (Å²) >= 11 is 0. The van der Waals surface area contributed by atoms with Crippen LogP contribution in [0.2, 0.25) is 0 Å². The Kier molecular flexibility index (Phi) is 4.86. The summed E-state index contributed by atoms with van der Waals surface area (Å²) < 4.78 is 6.03. The summed E-state index contributed by atoms with van der Waals surface area (Å²) in [5.74, 6) is 1.72. The average molecular weight is 312 g/mol. The van der Waals surface area contributed by atoms with Crippen LogP contribution < -0.4 is 4.74 Å². The quantitative estimate of drug-likeness (QED) is 0.864. The Morgan fingerprint density at radius 1 is 1.17 bits per heavy atom. The van der Waals surface area contributed by atoms with E-state index < -0.39 is 0 Å². The zero-order valence-corrected chi connectivity index (χ0v) is 14.1. The van der Waals surface area contributed by atoms with E-state index in [1.54, 1.807) is 18.6 Å². The highest BCUT2D eigenvalue weighted by Crippen LogP contribution is 2.33. The van der Waals surface area contributed by atoms with Gasteiger partial charge in [0.25, 0.3) is 0 Å². The molecule has 3 heterocycles. The number of ether oxygens (including phenoxy) is 1. The van der Waals surface area contributed by atoms with Gasteiger partial charge >= 0.3 is 0 Å². The molecule has 23 heavy (non-hydrogen) atoms. The minimum absolute atomic E-state index is 0.367. The zero-order chi connectivity index (χ0) is 16.2. The van der Waals surface area contributed by atoms with Crippen molar-refractivity contribution in [3.8, 4) is 11.6 Å². The van der Waals surface area contributed by atoms with E-state index in [-0.39, 0.29) is 0 Å². The van der Waals surface area contributed by atoms with Crippen LogP contribution in [0.4, 0.5) is 0 Å². The third kappa shape index (κ3) is 3.67. The lowest BCUT2D eigenvalue weighted by Gasteiger charge is -2.35. The first-order valence-corrected chi connectivity index (χ1v) is 8.29. The molecular formula is C18H24N4O. The highest BCUT2D eigenvalue weighted by Gasteiger charge is 2.27. The predicted molar refractivity (Wildman–Crippen MR) is 89.8 cm³/mol. The maximum Gasteiger partial charge on any atom is 0.241 e. The molecule has 0 aromatic carbocycles. The van der Waals surface area contributed by atoms with Crippen LogP contribution in [0.5, 0.6) is 11.6 Å². The summed E-state index contributed by atoms with van der Waals surface area (Å²) in [4.78, 5) is 15.8. The normalized spacial score (nSPS) is 19.0. The molecule has 2 aromatic rings. The van der Waals surface area contributed by atoms with Crippen LogP contribution >= 0.6 is 0 Å². The van der Waals surface area contributed by atoms with Crippen molar-refractivity contribution in [3.05, 3.63) is 42.1 Å². The second kappa shape index (κ2) is 7.04. The summed E-state index contributed by atoms with van der Waals surface area (Å²) in [7, 11) is 0. The first-order chi connectivity index (χ1) is 11.1. The van der Waals surface area contributed by atoms with E-state index in [1.165, 1.54) is 6.42 Å². The van der Waals surface area contributed by atoms with Gasteiger partial charge in [-0.15, -0.1) is 0 Å². The Morgan fingerprint density at radius 3 is 2.78 bits per heavy atom. The van der Waals surface area contributed by atoms with Crippen LogP contribution in [0.1, 0.15) is 44.0 Å². The molecule has 0 bridgehead atoms. The molecule has 1 aliphatic heterocycles. The van der Waals surface area contributed by atoms with Crippen LogP contribution in [0.15, 0.2) is 30.7 Å². The maximum atomic E-state index is 6.03. The van der Waals surface area contributed by atoms with Crippen LogP contribution in [0.3, 0.4) is 0 Å². The minimum atomic E-state index is 0.367. The molecule has 0 amide bonds. The number of aryl methyl sites for hydroxylation is 1. The van der Waals surface area contributed by atoms with Gasteiger partial charge in [-0.05, 0) is 52.3 Å². The second-order valence-corrected chi connectivity index (χ2v) is 6.36. The van der Waals surface area contributed by atoms with Gasteiger partial charge in [-0.2, -0.15) is 0 Å². The number of rotatable bonds is 4. The van der Waals surface area contributed by atoms with Gasteiger partial charge in [0.2, 0.25) is 5.88 Å². The molecular weight excluding hydrogens is 288 g/mol. The maximum absolute atomic E-state index is 6.03. The molecule has 0 N–H and O–H groups in total. The standard InChI is InChI=1S/C18H24N4O/c1-13(2)22-11-5-6-15(12-22)17-18(21-10-9-20-17)23-16-7-4-8-19-14(16)3/h4,7-10,13,15H,5-6,11-12H2,1-3H3/t15-/m0/s1. The molecule has 1 fully saturated rings. The van der Waals surface area contributed by atoms with Gasteiger partial charge in [-0.1, -0.05) is 0 Å². The number of pyridine rings is 1. The zero-order valence-electron chi connectivity index (χ0n) is 14.1. The molecule has 0 saturated carbocycles. The summed E-state index contributed by atoms with van der Waals surface area (Å²) in [6, 6.07) is 4.35. The number of aromatic nitrogens is 3. The van der Waals surface area contributed by atoms with Gasteiger partial charge in [-0.25, -0.2) is 4.98 Å². The highest BCUT2D eigenvalue weighted by molar-refractivity contribution is 5.33. The Morgan fingerprint density at radius 2 is 2.00 bits per heavy atom. The highest BCUT2D eigenvalue weighted by atomic mass is 16.5. The fourth-order valence-electron chi connectivity index (χ4n) is 3.07. The van der Waals surface area contributed by atoms with E-state index in [2.05, 4.69) is 33.7 Å². The van der Waals surface area contributed by atoms with Crippen molar-refractivity contribution in [2.24, 2.45) is 0 Å². The lowest BCUT2D eigenvalue weighted by atomic mass is 9.94. The van der Waals surface area contributed by atoms with Crippen molar-refractivity contribution in [1.29, 1.82) is 0 Å². The van der Waals surface area contributed by atoms with Gasteiger partial charge in [0, 0.05) is 37.1 Å². The number of hydrogen-bond acceptors (Lipinski definition) is 5. The summed E-state index contributed by atoms with van der Waals surface area (Å²) in [6.45, 7) is 8.60. The molecule has 1 aliphatic rings. The van der Waals surface area contributed by atoms with E-state index in [1.807, 2.05) is 19.1 Å².